The summed E-state index contributed by atoms with van der Waals surface area (Å²) < 4.78 is 5.48. The molecule has 0 unspecified atom stereocenters. The van der Waals surface area contributed by atoms with E-state index in [1.54, 1.807) is 10.4 Å². The first kappa shape index (κ1) is 12.6. The predicted molar refractivity (Wildman–Crippen MR) is 69.0 cm³/mol. The number of rotatable bonds is 1. The standard InChI is InChI=1S/C12H15N3O3S/c1-7-11(19-6-13-7)12(17)15-3-2-9-8(4-15)14-10(16)5-18-9/h6,8-9H,2-5H2,1H3,(H,14,16)/t8-,9-/m0/s1. The zero-order valence-electron chi connectivity index (χ0n) is 10.6. The molecule has 19 heavy (non-hydrogen) atoms. The second kappa shape index (κ2) is 4.90. The van der Waals surface area contributed by atoms with Crippen LogP contribution in [0.2, 0.25) is 0 Å². The largest absolute Gasteiger partial charge is 0.366 e. The topological polar surface area (TPSA) is 71.5 Å². The number of morpholine rings is 1. The van der Waals surface area contributed by atoms with Crippen molar-refractivity contribution in [3.05, 3.63) is 16.1 Å². The minimum absolute atomic E-state index is 0.00160. The van der Waals surface area contributed by atoms with Gasteiger partial charge >= 0.3 is 0 Å². The molecule has 2 aliphatic rings. The maximum atomic E-state index is 12.4. The fraction of sp³-hybridized carbons (Fsp3) is 0.583. The minimum atomic E-state index is -0.107. The van der Waals surface area contributed by atoms with Crippen molar-refractivity contribution in [3.8, 4) is 0 Å². The quantitative estimate of drug-likeness (QED) is 0.797. The Hall–Kier alpha value is -1.47. The normalized spacial score (nSPS) is 26.8. The van der Waals surface area contributed by atoms with Crippen molar-refractivity contribution in [2.75, 3.05) is 19.7 Å². The van der Waals surface area contributed by atoms with E-state index in [1.807, 2.05) is 6.92 Å². The van der Waals surface area contributed by atoms with E-state index in [1.165, 1.54) is 11.3 Å². The summed E-state index contributed by atoms with van der Waals surface area (Å²) in [4.78, 5) is 30.3. The molecule has 0 aromatic carbocycles. The Morgan fingerprint density at radius 2 is 2.47 bits per heavy atom. The highest BCUT2D eigenvalue weighted by Gasteiger charge is 2.36. The van der Waals surface area contributed by atoms with Crippen LogP contribution in [-0.4, -0.2) is 53.5 Å². The van der Waals surface area contributed by atoms with Gasteiger partial charge in [-0.05, 0) is 13.3 Å². The van der Waals surface area contributed by atoms with Crippen LogP contribution in [0.25, 0.3) is 0 Å². The highest BCUT2D eigenvalue weighted by molar-refractivity contribution is 7.11. The van der Waals surface area contributed by atoms with E-state index in [0.29, 0.717) is 18.0 Å². The molecule has 0 aliphatic carbocycles. The van der Waals surface area contributed by atoms with Crippen molar-refractivity contribution in [1.29, 1.82) is 0 Å². The zero-order valence-corrected chi connectivity index (χ0v) is 11.4. The number of piperidine rings is 1. The van der Waals surface area contributed by atoms with Gasteiger partial charge in [0.1, 0.15) is 11.5 Å². The van der Waals surface area contributed by atoms with Crippen LogP contribution in [0.5, 0.6) is 0 Å². The lowest BCUT2D eigenvalue weighted by atomic mass is 10.0. The number of carbonyl (C=O) groups excluding carboxylic acids is 2. The second-order valence-electron chi connectivity index (χ2n) is 4.83. The molecule has 1 N–H and O–H groups in total. The van der Waals surface area contributed by atoms with E-state index < -0.39 is 0 Å². The van der Waals surface area contributed by atoms with Gasteiger partial charge in [0.05, 0.1) is 23.4 Å². The molecule has 0 bridgehead atoms. The zero-order chi connectivity index (χ0) is 13.4. The summed E-state index contributed by atoms with van der Waals surface area (Å²) in [7, 11) is 0. The molecule has 1 aromatic heterocycles. The second-order valence-corrected chi connectivity index (χ2v) is 5.68. The number of hydrogen-bond donors (Lipinski definition) is 1. The molecule has 2 aliphatic heterocycles. The molecule has 0 spiro atoms. The molecule has 0 radical (unpaired) electrons. The average molecular weight is 281 g/mol. The van der Waals surface area contributed by atoms with Gasteiger partial charge in [0.15, 0.2) is 0 Å². The first-order chi connectivity index (χ1) is 9.15. The smallest absolute Gasteiger partial charge is 0.265 e. The van der Waals surface area contributed by atoms with Crippen LogP contribution in [0.3, 0.4) is 0 Å². The van der Waals surface area contributed by atoms with Gasteiger partial charge in [-0.3, -0.25) is 9.59 Å². The van der Waals surface area contributed by atoms with Gasteiger partial charge in [0, 0.05) is 13.1 Å². The van der Waals surface area contributed by atoms with Crippen LogP contribution >= 0.6 is 11.3 Å². The van der Waals surface area contributed by atoms with Crippen LogP contribution in [0.15, 0.2) is 5.51 Å². The van der Waals surface area contributed by atoms with Gasteiger partial charge in [0.25, 0.3) is 5.91 Å². The number of fused-ring (bicyclic) bond motifs is 1. The van der Waals surface area contributed by atoms with Crippen molar-refractivity contribution in [2.24, 2.45) is 0 Å². The third kappa shape index (κ3) is 2.35. The van der Waals surface area contributed by atoms with E-state index in [-0.39, 0.29) is 30.6 Å². The number of amides is 2. The third-order valence-electron chi connectivity index (χ3n) is 3.55. The number of aryl methyl sites for hydroxylation is 1. The molecule has 3 rings (SSSR count). The molecule has 2 fully saturated rings. The van der Waals surface area contributed by atoms with Crippen molar-refractivity contribution >= 4 is 23.2 Å². The summed E-state index contributed by atoms with van der Waals surface area (Å²) >= 11 is 1.36. The maximum Gasteiger partial charge on any atom is 0.265 e. The lowest BCUT2D eigenvalue weighted by Crippen LogP contribution is -2.61. The highest BCUT2D eigenvalue weighted by atomic mass is 32.1. The van der Waals surface area contributed by atoms with E-state index in [2.05, 4.69) is 10.3 Å². The lowest BCUT2D eigenvalue weighted by Gasteiger charge is -2.40. The van der Waals surface area contributed by atoms with Gasteiger partial charge < -0.3 is 15.0 Å². The molecule has 2 atom stereocenters. The van der Waals surface area contributed by atoms with Crippen LogP contribution in [0.4, 0.5) is 0 Å². The Kier molecular flexibility index (Phi) is 3.24. The summed E-state index contributed by atoms with van der Waals surface area (Å²) in [5, 5.41) is 2.89. The predicted octanol–water partition coefficient (Wildman–Crippen LogP) is 0.181. The van der Waals surface area contributed by atoms with Crippen LogP contribution in [-0.2, 0) is 9.53 Å². The molecule has 0 saturated carbocycles. The first-order valence-corrected chi connectivity index (χ1v) is 7.13. The minimum Gasteiger partial charge on any atom is -0.366 e. The number of aromatic nitrogens is 1. The molecule has 102 valence electrons. The van der Waals surface area contributed by atoms with Crippen molar-refractivity contribution < 1.29 is 14.3 Å². The Balaban J connectivity index is 1.72. The monoisotopic (exact) mass is 281 g/mol. The Morgan fingerprint density at radius 3 is 3.21 bits per heavy atom. The Bertz CT molecular complexity index is 516. The number of nitrogens with one attached hydrogen (secondary N) is 1. The Labute approximate surface area is 114 Å². The summed E-state index contributed by atoms with van der Waals surface area (Å²) in [5.74, 6) is -0.109. The fourth-order valence-corrected chi connectivity index (χ4v) is 3.30. The van der Waals surface area contributed by atoms with Crippen LogP contribution in [0.1, 0.15) is 21.8 Å². The summed E-state index contributed by atoms with van der Waals surface area (Å²) in [6.07, 6.45) is 0.790. The number of likely N-dealkylation sites (tertiary alicyclic amines) is 1. The number of thiazole rings is 1. The third-order valence-corrected chi connectivity index (χ3v) is 4.47. The summed E-state index contributed by atoms with van der Waals surface area (Å²) in [6.45, 7) is 3.13. The molecule has 2 amide bonds. The maximum absolute atomic E-state index is 12.4. The van der Waals surface area contributed by atoms with E-state index in [4.69, 9.17) is 4.74 Å². The van der Waals surface area contributed by atoms with Crippen LogP contribution < -0.4 is 5.32 Å². The van der Waals surface area contributed by atoms with Gasteiger partial charge in [-0.15, -0.1) is 11.3 Å². The van der Waals surface area contributed by atoms with Gasteiger partial charge in [0.2, 0.25) is 5.91 Å². The van der Waals surface area contributed by atoms with Gasteiger partial charge in [-0.2, -0.15) is 0 Å². The molecule has 6 nitrogen and oxygen atoms in total. The molecule has 7 heteroatoms. The molecule has 2 saturated heterocycles. The number of nitrogens with zero attached hydrogens (tertiary/aromatic N) is 2. The van der Waals surface area contributed by atoms with Gasteiger partial charge in [-0.1, -0.05) is 0 Å². The van der Waals surface area contributed by atoms with Gasteiger partial charge in [-0.25, -0.2) is 4.98 Å². The van der Waals surface area contributed by atoms with Crippen molar-refractivity contribution in [2.45, 2.75) is 25.5 Å². The first-order valence-electron chi connectivity index (χ1n) is 6.25. The number of hydrogen-bond acceptors (Lipinski definition) is 5. The van der Waals surface area contributed by atoms with Crippen LogP contribution in [0, 0.1) is 6.92 Å². The van der Waals surface area contributed by atoms with Crippen molar-refractivity contribution in [1.82, 2.24) is 15.2 Å². The molecule has 1 aromatic rings. The molecular formula is C12H15N3O3S. The lowest BCUT2D eigenvalue weighted by molar-refractivity contribution is -0.139. The Morgan fingerprint density at radius 1 is 1.63 bits per heavy atom. The number of carbonyl (C=O) groups is 2. The van der Waals surface area contributed by atoms with Crippen molar-refractivity contribution in [3.63, 3.8) is 0 Å². The van der Waals surface area contributed by atoms with E-state index in [0.717, 1.165) is 12.1 Å². The molecular weight excluding hydrogens is 266 g/mol. The highest BCUT2D eigenvalue weighted by Crippen LogP contribution is 2.21. The van der Waals surface area contributed by atoms with E-state index >= 15 is 0 Å². The fourth-order valence-electron chi connectivity index (χ4n) is 2.54. The number of ether oxygens (including phenoxy) is 1. The SMILES string of the molecule is Cc1ncsc1C(=O)N1CC[C@@H]2OCC(=O)N[C@H]2C1. The molecule has 3 heterocycles. The van der Waals surface area contributed by atoms with E-state index in [9.17, 15) is 9.59 Å². The summed E-state index contributed by atoms with van der Waals surface area (Å²) in [6, 6.07) is -0.0906. The average Bonchev–Trinajstić information content (AvgIpc) is 2.83. The summed E-state index contributed by atoms with van der Waals surface area (Å²) in [5.41, 5.74) is 2.45.